The molecule has 0 aromatic heterocycles. The summed E-state index contributed by atoms with van der Waals surface area (Å²) in [6.45, 7) is 6.80. The average Bonchev–Trinajstić information content (AvgIpc) is 1.35. The third kappa shape index (κ3) is 10.7. The zero-order valence-corrected chi connectivity index (χ0v) is 6.19. The topological polar surface area (TPSA) is 23.1 Å². The monoisotopic (exact) mass is 108 g/mol. The zero-order chi connectivity index (χ0) is 5.21. The van der Waals surface area contributed by atoms with Gasteiger partial charge in [0, 0.05) is 0 Å². The molecule has 0 fully saturated rings. The van der Waals surface area contributed by atoms with Gasteiger partial charge in [-0.3, -0.25) is 0 Å². The summed E-state index contributed by atoms with van der Waals surface area (Å²) in [6, 6.07) is 0. The van der Waals surface area contributed by atoms with Crippen molar-refractivity contribution in [3.05, 3.63) is 12.3 Å². The second-order valence-corrected chi connectivity index (χ2v) is 5.42. The van der Waals surface area contributed by atoms with Crippen LogP contribution in [0.1, 0.15) is 0 Å². The van der Waals surface area contributed by atoms with Crippen molar-refractivity contribution < 1.29 is 23.7 Å². The molecule has 0 spiro atoms. The van der Waals surface area contributed by atoms with Gasteiger partial charge in [0.15, 0.2) is 0 Å². The Balaban J connectivity index is 0. The Morgan fingerprint density at radius 2 is 1.71 bits per heavy atom. The standard InChI is InChI=1S/C4H9OSi.Li/c1-4-6(2,3)5;/h4H,1H2,2-3H3;/q-1;+1. The van der Waals surface area contributed by atoms with Crippen LogP contribution < -0.4 is 23.7 Å². The molecule has 1 nitrogen and oxygen atoms in total. The molecule has 0 aromatic rings. The summed E-state index contributed by atoms with van der Waals surface area (Å²) in [6.07, 6.45) is 0. The predicted molar refractivity (Wildman–Crippen MR) is 27.7 cm³/mol. The van der Waals surface area contributed by atoms with Crippen molar-refractivity contribution in [2.45, 2.75) is 13.1 Å². The van der Waals surface area contributed by atoms with Crippen LogP contribution in [0.4, 0.5) is 0 Å². The summed E-state index contributed by atoms with van der Waals surface area (Å²) in [5.41, 5.74) is 1.52. The summed E-state index contributed by atoms with van der Waals surface area (Å²) in [7, 11) is -2.12. The Bertz CT molecular complexity index is 57.2. The Morgan fingerprint density at radius 1 is 1.57 bits per heavy atom. The van der Waals surface area contributed by atoms with E-state index in [1.54, 1.807) is 13.1 Å². The van der Waals surface area contributed by atoms with Gasteiger partial charge >= 0.3 is 18.9 Å². The van der Waals surface area contributed by atoms with Crippen LogP contribution in [0.15, 0.2) is 12.3 Å². The molecule has 0 saturated carbocycles. The summed E-state index contributed by atoms with van der Waals surface area (Å²) in [4.78, 5) is 10.5. The van der Waals surface area contributed by atoms with Crippen molar-refractivity contribution in [1.29, 1.82) is 0 Å². The molecule has 3 heteroatoms. The maximum absolute atomic E-state index is 10.5. The summed E-state index contributed by atoms with van der Waals surface area (Å²) in [5.74, 6) is 0. The number of hydrogen-bond donors (Lipinski definition) is 0. The van der Waals surface area contributed by atoms with E-state index >= 15 is 0 Å². The first kappa shape index (κ1) is 10.5. The normalized spacial score (nSPS) is 9.57. The van der Waals surface area contributed by atoms with Crippen LogP contribution in [0.2, 0.25) is 13.1 Å². The van der Waals surface area contributed by atoms with Gasteiger partial charge in [0.25, 0.3) is 0 Å². The van der Waals surface area contributed by atoms with Gasteiger partial charge in [0.05, 0.1) is 0 Å². The Kier molecular flexibility index (Phi) is 5.26. The third-order valence-corrected chi connectivity index (χ3v) is 1.47. The molecule has 0 atom stereocenters. The van der Waals surface area contributed by atoms with E-state index in [0.717, 1.165) is 0 Å². The molecular formula is C4H9LiOSi. The molecule has 0 radical (unpaired) electrons. The van der Waals surface area contributed by atoms with Crippen molar-refractivity contribution >= 4 is 8.32 Å². The van der Waals surface area contributed by atoms with Gasteiger partial charge in [0.2, 0.25) is 0 Å². The van der Waals surface area contributed by atoms with Crippen LogP contribution >= 0.6 is 0 Å². The van der Waals surface area contributed by atoms with E-state index in [1.807, 2.05) is 0 Å². The second kappa shape index (κ2) is 3.51. The van der Waals surface area contributed by atoms with E-state index in [1.165, 1.54) is 5.70 Å². The van der Waals surface area contributed by atoms with E-state index in [0.29, 0.717) is 0 Å². The largest absolute Gasteiger partial charge is 1.00 e. The molecule has 36 valence electrons. The molecule has 0 amide bonds. The second-order valence-electron chi connectivity index (χ2n) is 1.81. The van der Waals surface area contributed by atoms with Gasteiger partial charge in [-0.2, -0.15) is 0 Å². The molecule has 0 heterocycles. The van der Waals surface area contributed by atoms with Crippen LogP contribution in [0.25, 0.3) is 0 Å². The molecule has 0 aromatic carbocycles. The van der Waals surface area contributed by atoms with Crippen molar-refractivity contribution in [1.82, 2.24) is 0 Å². The van der Waals surface area contributed by atoms with Crippen LogP contribution in [0, 0.1) is 0 Å². The maximum atomic E-state index is 10.5. The molecule has 0 bridgehead atoms. The van der Waals surface area contributed by atoms with Gasteiger partial charge in [-0.25, -0.2) is 0 Å². The quantitative estimate of drug-likeness (QED) is 0.335. The molecule has 0 aliphatic rings. The summed E-state index contributed by atoms with van der Waals surface area (Å²) >= 11 is 0. The molecule has 0 aliphatic heterocycles. The minimum Gasteiger partial charge on any atom is -0.856 e. The zero-order valence-electron chi connectivity index (χ0n) is 5.19. The van der Waals surface area contributed by atoms with E-state index in [-0.39, 0.29) is 18.9 Å². The molecule has 0 unspecified atom stereocenters. The van der Waals surface area contributed by atoms with Crippen LogP contribution in [-0.2, 0) is 0 Å². The SMILES string of the molecule is C=C[Si](C)(C)[O-].[Li+]. The Morgan fingerprint density at radius 3 is 1.71 bits per heavy atom. The van der Waals surface area contributed by atoms with Crippen molar-refractivity contribution in [2.75, 3.05) is 0 Å². The van der Waals surface area contributed by atoms with E-state index in [4.69, 9.17) is 0 Å². The maximum Gasteiger partial charge on any atom is 1.00 e. The Hall–Kier alpha value is 0.514. The summed E-state index contributed by atoms with van der Waals surface area (Å²) < 4.78 is 0. The fourth-order valence-corrected chi connectivity index (χ4v) is 0. The minimum absolute atomic E-state index is 0. The van der Waals surface area contributed by atoms with Gasteiger partial charge in [0.1, 0.15) is 0 Å². The third-order valence-electron chi connectivity index (χ3n) is 0.492. The molecule has 7 heavy (non-hydrogen) atoms. The number of rotatable bonds is 1. The molecular weight excluding hydrogens is 99.1 g/mol. The first-order chi connectivity index (χ1) is 2.56. The van der Waals surface area contributed by atoms with E-state index < -0.39 is 8.32 Å². The molecule has 0 aliphatic carbocycles. The number of hydrogen-bond acceptors (Lipinski definition) is 1. The summed E-state index contributed by atoms with van der Waals surface area (Å²) in [5, 5.41) is 0. The van der Waals surface area contributed by atoms with Gasteiger partial charge in [-0.15, -0.1) is 12.3 Å². The van der Waals surface area contributed by atoms with E-state index in [2.05, 4.69) is 6.58 Å². The Labute approximate surface area is 57.7 Å². The van der Waals surface area contributed by atoms with Crippen LogP contribution in [0.3, 0.4) is 0 Å². The van der Waals surface area contributed by atoms with Crippen molar-refractivity contribution in [2.24, 2.45) is 0 Å². The smallest absolute Gasteiger partial charge is 0.856 e. The van der Waals surface area contributed by atoms with Gasteiger partial charge < -0.3 is 4.80 Å². The fourth-order valence-electron chi connectivity index (χ4n) is 0. The van der Waals surface area contributed by atoms with Crippen molar-refractivity contribution in [3.8, 4) is 0 Å². The first-order valence-electron chi connectivity index (χ1n) is 1.90. The van der Waals surface area contributed by atoms with E-state index in [9.17, 15) is 4.80 Å². The molecule has 0 N–H and O–H groups in total. The van der Waals surface area contributed by atoms with Crippen molar-refractivity contribution in [3.63, 3.8) is 0 Å². The fraction of sp³-hybridized carbons (Fsp3) is 0.500. The molecule has 0 saturated heterocycles. The molecule has 0 rings (SSSR count). The minimum atomic E-state index is -2.12. The van der Waals surface area contributed by atoms with Crippen LogP contribution in [0.5, 0.6) is 0 Å². The predicted octanol–water partition coefficient (Wildman–Crippen LogP) is -2.72. The van der Waals surface area contributed by atoms with Crippen LogP contribution in [-0.4, -0.2) is 8.32 Å². The van der Waals surface area contributed by atoms with Gasteiger partial charge in [-0.1, -0.05) is 13.1 Å². The first-order valence-corrected chi connectivity index (χ1v) is 4.89. The average molecular weight is 108 g/mol. The van der Waals surface area contributed by atoms with Gasteiger partial charge in [-0.05, 0) is 8.32 Å².